The molecule has 4 N–H and O–H groups in total. The van der Waals surface area contributed by atoms with Crippen LogP contribution in [0.15, 0.2) is 36.5 Å². The maximum Gasteiger partial charge on any atom is 0.573 e. The molecular formula is C13H10F3N3O4. The normalized spacial score (nSPS) is 10.9. The van der Waals surface area contributed by atoms with Gasteiger partial charge in [-0.05, 0) is 30.3 Å². The van der Waals surface area contributed by atoms with Crippen LogP contribution in [0.25, 0.3) is 0 Å². The number of alkyl halides is 3. The lowest BCUT2D eigenvalue weighted by molar-refractivity contribution is -0.274. The molecule has 0 saturated carbocycles. The molecule has 0 aliphatic heterocycles. The summed E-state index contributed by atoms with van der Waals surface area (Å²) < 4.78 is 39.7. The van der Waals surface area contributed by atoms with E-state index in [1.54, 1.807) is 0 Å². The number of halogens is 3. The Morgan fingerprint density at radius 2 is 1.70 bits per heavy atom. The second-order valence-electron chi connectivity index (χ2n) is 4.26. The molecule has 0 fully saturated rings. The van der Waals surface area contributed by atoms with Crippen LogP contribution in [0.1, 0.15) is 10.5 Å². The first kappa shape index (κ1) is 16.2. The van der Waals surface area contributed by atoms with Crippen molar-refractivity contribution in [2.75, 3.05) is 10.6 Å². The number of nitrogens with one attached hydrogen (secondary N) is 3. The van der Waals surface area contributed by atoms with Crippen LogP contribution < -0.4 is 15.4 Å². The van der Waals surface area contributed by atoms with E-state index in [0.717, 1.165) is 12.1 Å². The summed E-state index contributed by atoms with van der Waals surface area (Å²) in [5.74, 6) is -1.60. The van der Waals surface area contributed by atoms with Gasteiger partial charge in [-0.1, -0.05) is 0 Å². The maximum atomic E-state index is 12.0. The van der Waals surface area contributed by atoms with E-state index in [2.05, 4.69) is 20.4 Å². The molecule has 0 atom stereocenters. The fraction of sp³-hybridized carbons (Fsp3) is 0.0769. The monoisotopic (exact) mass is 329 g/mol. The van der Waals surface area contributed by atoms with Gasteiger partial charge in [0.1, 0.15) is 11.4 Å². The molecule has 122 valence electrons. The number of rotatable bonds is 4. The van der Waals surface area contributed by atoms with Gasteiger partial charge in [0.15, 0.2) is 0 Å². The molecule has 7 nitrogen and oxygen atoms in total. The van der Waals surface area contributed by atoms with Gasteiger partial charge >= 0.3 is 18.4 Å². The smallest absolute Gasteiger partial charge is 0.477 e. The lowest BCUT2D eigenvalue weighted by Crippen LogP contribution is -2.19. The van der Waals surface area contributed by atoms with E-state index in [4.69, 9.17) is 5.11 Å². The summed E-state index contributed by atoms with van der Waals surface area (Å²) >= 11 is 0. The lowest BCUT2D eigenvalue weighted by Gasteiger charge is -2.10. The number of aromatic amines is 1. The number of carboxylic acid groups (broad SMARTS) is 1. The van der Waals surface area contributed by atoms with Crippen molar-refractivity contribution in [3.05, 3.63) is 42.2 Å². The van der Waals surface area contributed by atoms with Gasteiger partial charge in [-0.25, -0.2) is 9.59 Å². The highest BCUT2D eigenvalue weighted by molar-refractivity contribution is 6.00. The van der Waals surface area contributed by atoms with Gasteiger partial charge in [-0.15, -0.1) is 13.2 Å². The topological polar surface area (TPSA) is 103 Å². The van der Waals surface area contributed by atoms with Gasteiger partial charge in [-0.2, -0.15) is 0 Å². The Labute approximate surface area is 127 Å². The first-order chi connectivity index (χ1) is 10.7. The number of H-pyrrole nitrogens is 1. The fourth-order valence-corrected chi connectivity index (χ4v) is 1.62. The van der Waals surface area contributed by atoms with Crippen molar-refractivity contribution < 1.29 is 32.6 Å². The van der Waals surface area contributed by atoms with Crippen LogP contribution in [0.4, 0.5) is 29.3 Å². The second kappa shape index (κ2) is 6.30. The third-order valence-corrected chi connectivity index (χ3v) is 2.52. The van der Waals surface area contributed by atoms with E-state index < -0.39 is 24.1 Å². The predicted molar refractivity (Wildman–Crippen MR) is 73.5 cm³/mol. The number of aromatic nitrogens is 1. The quantitative estimate of drug-likeness (QED) is 0.691. The summed E-state index contributed by atoms with van der Waals surface area (Å²) in [4.78, 5) is 24.8. The number of aromatic carboxylic acids is 1. The standard InChI is InChI=1S/C13H10F3N3O4/c14-13(15,16)23-9-3-1-7(2-4-9)18-12(22)19-8-5-10(11(20)21)17-6-8/h1-6,17H,(H,20,21)(H2,18,19,22). The zero-order valence-corrected chi connectivity index (χ0v) is 11.3. The van der Waals surface area contributed by atoms with E-state index in [-0.39, 0.29) is 17.1 Å². The Kier molecular flexibility index (Phi) is 4.44. The summed E-state index contributed by atoms with van der Waals surface area (Å²) in [7, 11) is 0. The SMILES string of the molecule is O=C(Nc1ccc(OC(F)(F)F)cc1)Nc1c[nH]c(C(=O)O)c1. The van der Waals surface area contributed by atoms with Gasteiger partial charge < -0.3 is 25.5 Å². The number of carbonyl (C=O) groups excluding carboxylic acids is 1. The summed E-state index contributed by atoms with van der Waals surface area (Å²) in [6.45, 7) is 0. The van der Waals surface area contributed by atoms with Crippen LogP contribution in [-0.4, -0.2) is 28.5 Å². The van der Waals surface area contributed by atoms with Crippen molar-refractivity contribution in [3.63, 3.8) is 0 Å². The van der Waals surface area contributed by atoms with Gasteiger partial charge in [0.25, 0.3) is 0 Å². The molecule has 2 aromatic rings. The first-order valence-corrected chi connectivity index (χ1v) is 6.08. The molecule has 0 saturated heterocycles. The number of anilines is 2. The number of carbonyl (C=O) groups is 2. The molecule has 10 heteroatoms. The van der Waals surface area contributed by atoms with Crippen LogP contribution in [0.2, 0.25) is 0 Å². The van der Waals surface area contributed by atoms with E-state index in [9.17, 15) is 22.8 Å². The molecule has 23 heavy (non-hydrogen) atoms. The number of benzene rings is 1. The van der Waals surface area contributed by atoms with Crippen LogP contribution >= 0.6 is 0 Å². The van der Waals surface area contributed by atoms with Gasteiger partial charge in [0.2, 0.25) is 0 Å². The molecule has 0 aliphatic carbocycles. The third kappa shape index (κ3) is 4.95. The largest absolute Gasteiger partial charge is 0.573 e. The van der Waals surface area contributed by atoms with E-state index >= 15 is 0 Å². The predicted octanol–water partition coefficient (Wildman–Crippen LogP) is 3.26. The fourth-order valence-electron chi connectivity index (χ4n) is 1.62. The highest BCUT2D eigenvalue weighted by atomic mass is 19.4. The molecule has 0 unspecified atom stereocenters. The van der Waals surface area contributed by atoms with Crippen LogP contribution in [0.5, 0.6) is 5.75 Å². The zero-order valence-electron chi connectivity index (χ0n) is 11.3. The summed E-state index contributed by atoms with van der Waals surface area (Å²) in [6, 6.07) is 5.05. The molecule has 0 radical (unpaired) electrons. The molecule has 2 amide bonds. The highest BCUT2D eigenvalue weighted by Crippen LogP contribution is 2.24. The van der Waals surface area contributed by atoms with Crippen molar-refractivity contribution in [3.8, 4) is 5.75 Å². The average Bonchev–Trinajstić information content (AvgIpc) is 2.88. The number of hydrogen-bond donors (Lipinski definition) is 4. The number of hydrogen-bond acceptors (Lipinski definition) is 3. The van der Waals surface area contributed by atoms with Crippen molar-refractivity contribution in [1.82, 2.24) is 4.98 Å². The van der Waals surface area contributed by atoms with Crippen molar-refractivity contribution >= 4 is 23.4 Å². The van der Waals surface area contributed by atoms with Crippen molar-refractivity contribution in [1.29, 1.82) is 0 Å². The summed E-state index contributed by atoms with van der Waals surface area (Å²) in [6.07, 6.45) is -3.51. The highest BCUT2D eigenvalue weighted by Gasteiger charge is 2.30. The Morgan fingerprint density at radius 1 is 1.09 bits per heavy atom. The molecular weight excluding hydrogens is 319 g/mol. The van der Waals surface area contributed by atoms with Crippen LogP contribution in [0, 0.1) is 0 Å². The molecule has 2 rings (SSSR count). The van der Waals surface area contributed by atoms with E-state index in [0.29, 0.717) is 0 Å². The summed E-state index contributed by atoms with van der Waals surface area (Å²) in [5.41, 5.74) is 0.344. The Morgan fingerprint density at radius 3 is 2.22 bits per heavy atom. The molecule has 0 spiro atoms. The van der Waals surface area contributed by atoms with Crippen LogP contribution in [0.3, 0.4) is 0 Å². The molecule has 1 aromatic carbocycles. The third-order valence-electron chi connectivity index (χ3n) is 2.52. The maximum absolute atomic E-state index is 12.0. The van der Waals surface area contributed by atoms with Crippen molar-refractivity contribution in [2.24, 2.45) is 0 Å². The Hall–Kier alpha value is -3.17. The van der Waals surface area contributed by atoms with Gasteiger partial charge in [-0.3, -0.25) is 0 Å². The Balaban J connectivity index is 1.93. The molecule has 1 heterocycles. The van der Waals surface area contributed by atoms with Gasteiger partial charge in [0, 0.05) is 11.9 Å². The average molecular weight is 329 g/mol. The first-order valence-electron chi connectivity index (χ1n) is 6.08. The minimum Gasteiger partial charge on any atom is -0.477 e. The molecule has 0 aliphatic rings. The number of ether oxygens (including phenoxy) is 1. The second-order valence-corrected chi connectivity index (χ2v) is 4.26. The lowest BCUT2D eigenvalue weighted by atomic mass is 10.3. The van der Waals surface area contributed by atoms with Crippen molar-refractivity contribution in [2.45, 2.75) is 6.36 Å². The zero-order chi connectivity index (χ0) is 17.0. The van der Waals surface area contributed by atoms with E-state index in [1.165, 1.54) is 24.4 Å². The molecule has 1 aromatic heterocycles. The minimum atomic E-state index is -4.79. The number of carboxylic acids is 1. The Bertz CT molecular complexity index is 710. The minimum absolute atomic E-state index is 0.103. The number of amides is 2. The summed E-state index contributed by atoms with van der Waals surface area (Å²) in [5, 5.41) is 13.5. The van der Waals surface area contributed by atoms with E-state index in [1.807, 2.05) is 0 Å². The van der Waals surface area contributed by atoms with Gasteiger partial charge in [0.05, 0.1) is 5.69 Å². The number of urea groups is 1. The molecule has 0 bridgehead atoms. The van der Waals surface area contributed by atoms with Crippen LogP contribution in [-0.2, 0) is 0 Å².